The summed E-state index contributed by atoms with van der Waals surface area (Å²) in [4.78, 5) is 16.9. The number of hydrogen-bond donors (Lipinski definition) is 1. The van der Waals surface area contributed by atoms with Crippen molar-refractivity contribution in [2.45, 2.75) is 37.5 Å². The lowest BCUT2D eigenvalue weighted by Crippen LogP contribution is -2.27. The lowest BCUT2D eigenvalue weighted by atomic mass is 10.3. The molecule has 142 valence electrons. The molecule has 1 amide bonds. The summed E-state index contributed by atoms with van der Waals surface area (Å²) in [7, 11) is -2.03. The van der Waals surface area contributed by atoms with E-state index >= 15 is 0 Å². The minimum atomic E-state index is -3.58. The van der Waals surface area contributed by atoms with E-state index in [0.29, 0.717) is 25.3 Å². The summed E-state index contributed by atoms with van der Waals surface area (Å²) in [5.74, 6) is -0.286. The fraction of sp³-hybridized carbons (Fsp3) is 0.562. The van der Waals surface area contributed by atoms with E-state index in [9.17, 15) is 13.2 Å². The molecule has 0 spiro atoms. The molecule has 3 heterocycles. The number of likely N-dealkylation sites (tertiary alicyclic amines) is 1. The van der Waals surface area contributed by atoms with Gasteiger partial charge in [-0.15, -0.1) is 10.2 Å². The Balaban J connectivity index is 1.77. The summed E-state index contributed by atoms with van der Waals surface area (Å²) in [6.07, 6.45) is 5.03. The highest BCUT2D eigenvalue weighted by Crippen LogP contribution is 2.23. The number of sulfonamides is 1. The van der Waals surface area contributed by atoms with Crippen LogP contribution in [-0.4, -0.2) is 65.4 Å². The Morgan fingerprint density at radius 3 is 2.77 bits per heavy atom. The fourth-order valence-electron chi connectivity index (χ4n) is 2.80. The molecule has 0 unspecified atom stereocenters. The summed E-state index contributed by atoms with van der Waals surface area (Å²) in [6, 6.07) is 1.44. The number of carbonyl (C=O) groups is 1. The molecule has 3 rings (SSSR count). The summed E-state index contributed by atoms with van der Waals surface area (Å²) in [5, 5.41) is 7.66. The van der Waals surface area contributed by atoms with Gasteiger partial charge >= 0.3 is 11.8 Å². The summed E-state index contributed by atoms with van der Waals surface area (Å²) in [5.41, 5.74) is 0.362. The highest BCUT2D eigenvalue weighted by molar-refractivity contribution is 7.89. The number of carbonyl (C=O) groups excluding carboxylic acids is 1. The van der Waals surface area contributed by atoms with E-state index in [-0.39, 0.29) is 22.6 Å². The van der Waals surface area contributed by atoms with Crippen molar-refractivity contribution in [1.29, 1.82) is 0 Å². The molecule has 9 nitrogen and oxygen atoms in total. The molecule has 2 aromatic rings. The zero-order valence-corrected chi connectivity index (χ0v) is 15.8. The van der Waals surface area contributed by atoms with Crippen LogP contribution >= 0.6 is 0 Å². The number of unbranched alkanes of at least 4 members (excludes halogenated alkanes) is 1. The lowest BCUT2D eigenvalue weighted by Gasteiger charge is -2.15. The quantitative estimate of drug-likeness (QED) is 0.781. The molecule has 0 atom stereocenters. The maximum atomic E-state index is 12.5. The van der Waals surface area contributed by atoms with Gasteiger partial charge in [0.05, 0.1) is 0 Å². The molecular weight excluding hydrogens is 358 g/mol. The Morgan fingerprint density at radius 2 is 2.08 bits per heavy atom. The highest BCUT2D eigenvalue weighted by atomic mass is 32.2. The van der Waals surface area contributed by atoms with E-state index in [0.717, 1.165) is 25.7 Å². The molecule has 0 radical (unpaired) electrons. The molecule has 10 heteroatoms. The van der Waals surface area contributed by atoms with Crippen LogP contribution in [0.4, 0.5) is 0 Å². The number of hydrogen-bond acceptors (Lipinski definition) is 6. The average molecular weight is 381 g/mol. The Kier molecular flexibility index (Phi) is 5.42. The minimum absolute atomic E-state index is 0.0824. The number of rotatable bonds is 7. The first-order valence-corrected chi connectivity index (χ1v) is 10.2. The van der Waals surface area contributed by atoms with E-state index in [1.807, 2.05) is 6.92 Å². The van der Waals surface area contributed by atoms with Gasteiger partial charge in [-0.25, -0.2) is 12.7 Å². The number of H-pyrrole nitrogens is 1. The molecule has 0 saturated carbocycles. The zero-order chi connectivity index (χ0) is 18.7. The van der Waals surface area contributed by atoms with Gasteiger partial charge in [-0.3, -0.25) is 4.79 Å². The van der Waals surface area contributed by atoms with Crippen LogP contribution in [-0.2, 0) is 10.0 Å². The maximum Gasteiger partial charge on any atom is 0.311 e. The van der Waals surface area contributed by atoms with Crippen molar-refractivity contribution in [3.05, 3.63) is 18.2 Å². The van der Waals surface area contributed by atoms with Gasteiger partial charge in [0.2, 0.25) is 10.0 Å². The standard InChI is InChI=1S/C16H23N5O4S/c1-3-4-7-20(2)26(23,24)12-10-13(17-11-12)14-18-19-15(25-14)16(22)21-8-5-6-9-21/h10-11,17H,3-9H2,1-2H3. The average Bonchev–Trinajstić information content (AvgIpc) is 3.39. The monoisotopic (exact) mass is 381 g/mol. The maximum absolute atomic E-state index is 12.5. The second-order valence-electron chi connectivity index (χ2n) is 6.34. The van der Waals surface area contributed by atoms with Gasteiger partial charge in [-0.2, -0.15) is 0 Å². The van der Waals surface area contributed by atoms with Gasteiger partial charge in [0.25, 0.3) is 5.89 Å². The third kappa shape index (κ3) is 3.65. The molecule has 2 aromatic heterocycles. The Morgan fingerprint density at radius 1 is 1.35 bits per heavy atom. The van der Waals surface area contributed by atoms with Crippen molar-refractivity contribution in [1.82, 2.24) is 24.4 Å². The van der Waals surface area contributed by atoms with Crippen LogP contribution < -0.4 is 0 Å². The van der Waals surface area contributed by atoms with Crippen LogP contribution in [0.5, 0.6) is 0 Å². The van der Waals surface area contributed by atoms with Gasteiger partial charge in [0, 0.05) is 32.9 Å². The first-order chi connectivity index (χ1) is 12.4. The van der Waals surface area contributed by atoms with Crippen LogP contribution in [0.3, 0.4) is 0 Å². The van der Waals surface area contributed by atoms with Gasteiger partial charge in [-0.05, 0) is 25.3 Å². The van der Waals surface area contributed by atoms with Crippen LogP contribution in [0.25, 0.3) is 11.6 Å². The topological polar surface area (TPSA) is 112 Å². The third-order valence-electron chi connectivity index (χ3n) is 4.42. The van der Waals surface area contributed by atoms with E-state index in [4.69, 9.17) is 4.42 Å². The van der Waals surface area contributed by atoms with E-state index < -0.39 is 10.0 Å². The number of aromatic nitrogens is 3. The highest BCUT2D eigenvalue weighted by Gasteiger charge is 2.26. The van der Waals surface area contributed by atoms with Gasteiger partial charge < -0.3 is 14.3 Å². The molecule has 1 N–H and O–H groups in total. The van der Waals surface area contributed by atoms with Gasteiger partial charge in [0.15, 0.2) is 0 Å². The van der Waals surface area contributed by atoms with Crippen molar-refractivity contribution in [3.8, 4) is 11.6 Å². The Hall–Kier alpha value is -2.20. The number of aromatic amines is 1. The predicted octanol–water partition coefficient (Wildman–Crippen LogP) is 1.72. The molecule has 0 aliphatic carbocycles. The van der Waals surface area contributed by atoms with Crippen molar-refractivity contribution in [3.63, 3.8) is 0 Å². The van der Waals surface area contributed by atoms with Gasteiger partial charge in [0.1, 0.15) is 10.6 Å². The molecule has 1 aliphatic heterocycles. The second-order valence-corrected chi connectivity index (χ2v) is 8.39. The van der Waals surface area contributed by atoms with Crippen LogP contribution in [0.1, 0.15) is 43.3 Å². The summed E-state index contributed by atoms with van der Waals surface area (Å²) >= 11 is 0. The number of nitrogens with zero attached hydrogens (tertiary/aromatic N) is 4. The predicted molar refractivity (Wildman–Crippen MR) is 93.9 cm³/mol. The van der Waals surface area contributed by atoms with Crippen LogP contribution in [0.15, 0.2) is 21.6 Å². The van der Waals surface area contributed by atoms with Crippen molar-refractivity contribution in [2.24, 2.45) is 0 Å². The molecule has 26 heavy (non-hydrogen) atoms. The first-order valence-electron chi connectivity index (χ1n) is 8.71. The molecule has 0 aromatic carbocycles. The van der Waals surface area contributed by atoms with Gasteiger partial charge in [-0.1, -0.05) is 13.3 Å². The molecule has 1 aliphatic rings. The minimum Gasteiger partial charge on any atom is -0.411 e. The molecular formula is C16H23N5O4S. The van der Waals surface area contributed by atoms with Crippen molar-refractivity contribution < 1.29 is 17.6 Å². The van der Waals surface area contributed by atoms with Crippen molar-refractivity contribution >= 4 is 15.9 Å². The first kappa shape index (κ1) is 18.6. The Labute approximate surface area is 152 Å². The molecule has 0 bridgehead atoms. The zero-order valence-electron chi connectivity index (χ0n) is 14.9. The molecule has 1 fully saturated rings. The number of nitrogens with one attached hydrogen (secondary N) is 1. The van der Waals surface area contributed by atoms with E-state index in [2.05, 4.69) is 15.2 Å². The Bertz CT molecular complexity index is 867. The van der Waals surface area contributed by atoms with Crippen LogP contribution in [0.2, 0.25) is 0 Å². The SMILES string of the molecule is CCCCN(C)S(=O)(=O)c1c[nH]c(-c2nnc(C(=O)N3CCCC3)o2)c1. The second kappa shape index (κ2) is 7.58. The van der Waals surface area contributed by atoms with E-state index in [1.165, 1.54) is 16.6 Å². The van der Waals surface area contributed by atoms with Crippen LogP contribution in [0, 0.1) is 0 Å². The summed E-state index contributed by atoms with van der Waals surface area (Å²) < 4.78 is 31.9. The fourth-order valence-corrected chi connectivity index (χ4v) is 4.01. The van der Waals surface area contributed by atoms with E-state index in [1.54, 1.807) is 11.9 Å². The van der Waals surface area contributed by atoms with Crippen molar-refractivity contribution in [2.75, 3.05) is 26.7 Å². The molecule has 1 saturated heterocycles. The number of amides is 1. The lowest BCUT2D eigenvalue weighted by molar-refractivity contribution is 0.0754. The third-order valence-corrected chi connectivity index (χ3v) is 6.26. The largest absolute Gasteiger partial charge is 0.411 e. The normalized spacial score (nSPS) is 15.1. The summed E-state index contributed by atoms with van der Waals surface area (Å²) in [6.45, 7) is 3.83. The smallest absolute Gasteiger partial charge is 0.311 e.